The van der Waals surface area contributed by atoms with E-state index in [1.54, 1.807) is 13.4 Å². The van der Waals surface area contributed by atoms with Gasteiger partial charge in [0.15, 0.2) is 0 Å². The fraction of sp³-hybridized carbons (Fsp3) is 0.483. The third-order valence-corrected chi connectivity index (χ3v) is 6.64. The Hall–Kier alpha value is -2.67. The van der Waals surface area contributed by atoms with Gasteiger partial charge in [-0.2, -0.15) is 0 Å². The molecule has 4 rings (SSSR count). The molecular weight excluding hydrogens is 438 g/mol. The number of aromatic amines is 1. The van der Waals surface area contributed by atoms with Crippen molar-refractivity contribution in [2.45, 2.75) is 64.0 Å². The van der Waals surface area contributed by atoms with Crippen LogP contribution in [0.15, 0.2) is 61.1 Å². The van der Waals surface area contributed by atoms with Gasteiger partial charge in [-0.1, -0.05) is 57.2 Å². The molecule has 3 aromatic rings. The van der Waals surface area contributed by atoms with Crippen molar-refractivity contribution in [3.63, 3.8) is 0 Å². The summed E-state index contributed by atoms with van der Waals surface area (Å²) in [7, 11) is 1.70. The molecule has 1 aliphatic carbocycles. The molecule has 190 valence electrons. The second-order valence-electron chi connectivity index (χ2n) is 9.64. The first-order valence-electron chi connectivity index (χ1n) is 12.6. The van der Waals surface area contributed by atoms with Gasteiger partial charge in [-0.25, -0.2) is 4.98 Å². The third kappa shape index (κ3) is 7.92. The van der Waals surface area contributed by atoms with Gasteiger partial charge in [-0.15, -0.1) is 0 Å². The predicted octanol–water partition coefficient (Wildman–Crippen LogP) is 4.47. The molecule has 0 amide bonds. The highest BCUT2D eigenvalue weighted by atomic mass is 16.5. The van der Waals surface area contributed by atoms with Gasteiger partial charge >= 0.3 is 0 Å². The summed E-state index contributed by atoms with van der Waals surface area (Å²) < 4.78 is 10.6. The van der Waals surface area contributed by atoms with Gasteiger partial charge in [0.2, 0.25) is 0 Å². The standard InChI is InChI=1S/C15H25NO3.C14H16N2/c1-12(2)16-10-14(17)11-19-15-6-4-13(5-7-15)8-9-18-3;1-2-14(13-9-15-10-16-13)7-11-5-3-4-6-12(11)8-14/h4-7,12,14,16-17H,8-11H2,1-3H3;3-6,9-10H,2,7-8H2,1H3,(H,15,16). The lowest BCUT2D eigenvalue weighted by Gasteiger charge is -2.25. The van der Waals surface area contributed by atoms with Crippen LogP contribution >= 0.6 is 0 Å². The van der Waals surface area contributed by atoms with E-state index in [1.807, 2.05) is 44.3 Å². The Bertz CT molecular complexity index is 962. The van der Waals surface area contributed by atoms with Gasteiger partial charge in [0, 0.05) is 37.0 Å². The fourth-order valence-corrected chi connectivity index (χ4v) is 4.47. The van der Waals surface area contributed by atoms with Crippen LogP contribution in [0.2, 0.25) is 0 Å². The number of imidazole rings is 1. The molecule has 1 heterocycles. The van der Waals surface area contributed by atoms with Gasteiger partial charge in [-0.3, -0.25) is 0 Å². The second kappa shape index (κ2) is 13.4. The molecule has 0 saturated carbocycles. The molecule has 35 heavy (non-hydrogen) atoms. The molecule has 3 N–H and O–H groups in total. The summed E-state index contributed by atoms with van der Waals surface area (Å²) in [6.07, 6.45) is 7.62. The Balaban J connectivity index is 0.000000197. The number of aromatic nitrogens is 2. The van der Waals surface area contributed by atoms with Crippen molar-refractivity contribution in [1.29, 1.82) is 0 Å². The summed E-state index contributed by atoms with van der Waals surface area (Å²) in [6, 6.07) is 17.0. The summed E-state index contributed by atoms with van der Waals surface area (Å²) in [6.45, 7) is 7.94. The van der Waals surface area contributed by atoms with E-state index in [1.165, 1.54) is 22.4 Å². The van der Waals surface area contributed by atoms with Crippen LogP contribution in [0.3, 0.4) is 0 Å². The Kier molecular flexibility index (Phi) is 10.3. The lowest BCUT2D eigenvalue weighted by molar-refractivity contribution is 0.104. The maximum Gasteiger partial charge on any atom is 0.119 e. The lowest BCUT2D eigenvalue weighted by Crippen LogP contribution is -2.35. The number of nitrogens with zero attached hydrogens (tertiary/aromatic N) is 1. The zero-order chi connectivity index (χ0) is 25.1. The van der Waals surface area contributed by atoms with Crippen molar-refractivity contribution in [2.24, 2.45) is 0 Å². The maximum absolute atomic E-state index is 9.73. The summed E-state index contributed by atoms with van der Waals surface area (Å²) in [4.78, 5) is 7.46. The van der Waals surface area contributed by atoms with E-state index < -0.39 is 6.10 Å². The lowest BCUT2D eigenvalue weighted by atomic mass is 9.79. The number of hydrogen-bond donors (Lipinski definition) is 3. The van der Waals surface area contributed by atoms with Crippen LogP contribution in [0, 0.1) is 0 Å². The number of ether oxygens (including phenoxy) is 2. The Morgan fingerprint density at radius 1 is 1.09 bits per heavy atom. The van der Waals surface area contributed by atoms with Crippen LogP contribution < -0.4 is 10.1 Å². The number of aliphatic hydroxyl groups excluding tert-OH is 1. The van der Waals surface area contributed by atoms with Gasteiger partial charge in [-0.05, 0) is 54.5 Å². The SMILES string of the molecule is CCC1(c2cnc[nH]2)Cc2ccccc2C1.COCCc1ccc(OCC(O)CNC(C)C)cc1. The minimum absolute atomic E-state index is 0.250. The molecule has 1 unspecified atom stereocenters. The molecule has 0 radical (unpaired) electrons. The molecule has 0 fully saturated rings. The minimum Gasteiger partial charge on any atom is -0.491 e. The number of H-pyrrole nitrogens is 1. The zero-order valence-electron chi connectivity index (χ0n) is 21.6. The molecule has 2 aromatic carbocycles. The van der Waals surface area contributed by atoms with Crippen LogP contribution in [-0.4, -0.2) is 54.1 Å². The molecule has 1 aromatic heterocycles. The van der Waals surface area contributed by atoms with Crippen molar-refractivity contribution in [1.82, 2.24) is 15.3 Å². The maximum atomic E-state index is 9.73. The monoisotopic (exact) mass is 479 g/mol. The van der Waals surface area contributed by atoms with Crippen LogP contribution in [0.1, 0.15) is 49.6 Å². The molecule has 1 atom stereocenters. The van der Waals surface area contributed by atoms with Gasteiger partial charge in [0.1, 0.15) is 18.5 Å². The highest BCUT2D eigenvalue weighted by Gasteiger charge is 2.38. The number of aliphatic hydroxyl groups is 1. The Labute approximate surface area is 210 Å². The number of hydrogen-bond acceptors (Lipinski definition) is 5. The molecule has 0 saturated heterocycles. The highest BCUT2D eigenvalue weighted by molar-refractivity contribution is 5.39. The van der Waals surface area contributed by atoms with Crippen molar-refractivity contribution >= 4 is 0 Å². The first-order chi connectivity index (χ1) is 17.0. The highest BCUT2D eigenvalue weighted by Crippen LogP contribution is 2.41. The summed E-state index contributed by atoms with van der Waals surface area (Å²) in [5, 5.41) is 12.9. The van der Waals surface area contributed by atoms with E-state index >= 15 is 0 Å². The topological polar surface area (TPSA) is 79.4 Å². The molecule has 6 nitrogen and oxygen atoms in total. The van der Waals surface area contributed by atoms with Crippen LogP contribution in [0.25, 0.3) is 0 Å². The number of rotatable bonds is 11. The molecule has 0 aliphatic heterocycles. The molecule has 0 bridgehead atoms. The van der Waals surface area contributed by atoms with E-state index in [2.05, 4.69) is 46.5 Å². The van der Waals surface area contributed by atoms with E-state index in [4.69, 9.17) is 9.47 Å². The number of methoxy groups -OCH3 is 1. The molecule has 0 spiro atoms. The fourth-order valence-electron chi connectivity index (χ4n) is 4.47. The number of nitrogens with one attached hydrogen (secondary N) is 2. The summed E-state index contributed by atoms with van der Waals surface area (Å²) >= 11 is 0. The van der Waals surface area contributed by atoms with Crippen molar-refractivity contribution < 1.29 is 14.6 Å². The van der Waals surface area contributed by atoms with Crippen LogP contribution in [0.4, 0.5) is 0 Å². The van der Waals surface area contributed by atoms with Crippen LogP contribution in [0.5, 0.6) is 5.75 Å². The average Bonchev–Trinajstić information content (AvgIpc) is 3.55. The summed E-state index contributed by atoms with van der Waals surface area (Å²) in [5.41, 5.74) is 5.75. The first-order valence-corrected chi connectivity index (χ1v) is 12.6. The van der Waals surface area contributed by atoms with E-state index in [0.29, 0.717) is 19.2 Å². The zero-order valence-corrected chi connectivity index (χ0v) is 21.6. The molecule has 1 aliphatic rings. The quantitative estimate of drug-likeness (QED) is 0.378. The van der Waals surface area contributed by atoms with Gasteiger partial charge < -0.3 is 24.9 Å². The minimum atomic E-state index is -0.490. The largest absolute Gasteiger partial charge is 0.491 e. The smallest absolute Gasteiger partial charge is 0.119 e. The van der Waals surface area contributed by atoms with Crippen molar-refractivity contribution in [3.05, 3.63) is 83.4 Å². The van der Waals surface area contributed by atoms with Crippen molar-refractivity contribution in [2.75, 3.05) is 26.9 Å². The van der Waals surface area contributed by atoms with E-state index in [9.17, 15) is 5.11 Å². The first kappa shape index (κ1) is 26.9. The van der Waals surface area contributed by atoms with Crippen molar-refractivity contribution in [3.8, 4) is 5.75 Å². The second-order valence-corrected chi connectivity index (χ2v) is 9.64. The predicted molar refractivity (Wildman–Crippen MR) is 141 cm³/mol. The van der Waals surface area contributed by atoms with E-state index in [0.717, 1.165) is 38.0 Å². The Morgan fingerprint density at radius 2 is 1.77 bits per heavy atom. The van der Waals surface area contributed by atoms with E-state index in [-0.39, 0.29) is 5.41 Å². The number of benzene rings is 2. The Morgan fingerprint density at radius 3 is 2.31 bits per heavy atom. The third-order valence-electron chi connectivity index (χ3n) is 6.64. The summed E-state index contributed by atoms with van der Waals surface area (Å²) in [5.74, 6) is 0.782. The van der Waals surface area contributed by atoms with Gasteiger partial charge in [0.25, 0.3) is 0 Å². The number of fused-ring (bicyclic) bond motifs is 1. The average molecular weight is 480 g/mol. The normalized spacial score (nSPS) is 14.8. The molecular formula is C29H41N3O3. The van der Waals surface area contributed by atoms with Crippen LogP contribution in [-0.2, 0) is 29.4 Å². The molecule has 6 heteroatoms. The van der Waals surface area contributed by atoms with Gasteiger partial charge in [0.05, 0.1) is 12.9 Å².